The molecule has 0 atom stereocenters. The number of halogens is 2. The third-order valence-corrected chi connectivity index (χ3v) is 8.95. The number of nitrogens with one attached hydrogen (secondary N) is 2. The van der Waals surface area contributed by atoms with Crippen LogP contribution in [0, 0.1) is 0 Å². The van der Waals surface area contributed by atoms with Crippen LogP contribution in [0.1, 0.15) is 10.4 Å². The van der Waals surface area contributed by atoms with Crippen molar-refractivity contribution in [1.82, 2.24) is 30.1 Å². The van der Waals surface area contributed by atoms with Crippen molar-refractivity contribution >= 4 is 95.3 Å². The number of Topliss-reactive ketones (excluding diaryl/α,β-unsaturated/α-hetero) is 1. The summed E-state index contributed by atoms with van der Waals surface area (Å²) in [6.45, 7) is -0.0335. The molecule has 258 valence electrons. The van der Waals surface area contributed by atoms with Gasteiger partial charge in [0, 0.05) is 89.7 Å². The Labute approximate surface area is 311 Å². The number of nitrogens with two attached hydrogens (primary N) is 1. The van der Waals surface area contributed by atoms with Crippen LogP contribution in [0.4, 0.5) is 23.0 Å². The number of aromatic nitrogens is 6. The fraction of sp³-hybridized carbons (Fsp3) is 0.0250. The van der Waals surface area contributed by atoms with Gasteiger partial charge >= 0.3 is 0 Å². The van der Waals surface area contributed by atoms with Gasteiger partial charge in [0.1, 0.15) is 11.6 Å². The molecular formula is C40H27Cl2N9O2. The van der Waals surface area contributed by atoms with Crippen molar-refractivity contribution in [3.63, 3.8) is 0 Å². The Morgan fingerprint density at radius 3 is 1.79 bits per heavy atom. The van der Waals surface area contributed by atoms with Crippen LogP contribution in [0.5, 0.6) is 0 Å². The van der Waals surface area contributed by atoms with Gasteiger partial charge in [0.05, 0.1) is 17.6 Å². The van der Waals surface area contributed by atoms with E-state index in [-0.39, 0.29) is 12.3 Å². The molecule has 53 heavy (non-hydrogen) atoms. The highest BCUT2D eigenvalue weighted by atomic mass is 35.5. The summed E-state index contributed by atoms with van der Waals surface area (Å²) >= 11 is 12.2. The van der Waals surface area contributed by atoms with E-state index in [1.54, 1.807) is 30.7 Å². The SMILES string of the molecule is Clc1cccc(Nc2nc3cc(-c4nnco4)ccc3c3cnccc23)c1.NCC(=O)c1ccc2c(c1)nc(Nc1cccc(Cl)c1)c1ccncc12. The summed E-state index contributed by atoms with van der Waals surface area (Å²) in [6, 6.07) is 30.1. The van der Waals surface area contributed by atoms with Crippen LogP contribution in [0.3, 0.4) is 0 Å². The number of hydrogen-bond donors (Lipinski definition) is 3. The number of carbonyl (C=O) groups excluding carboxylic acids is 1. The third kappa shape index (κ3) is 7.04. The second-order valence-electron chi connectivity index (χ2n) is 11.9. The molecule has 0 fully saturated rings. The zero-order chi connectivity index (χ0) is 36.3. The Morgan fingerprint density at radius 1 is 0.660 bits per heavy atom. The molecule has 5 heterocycles. The van der Waals surface area contributed by atoms with E-state index in [9.17, 15) is 4.79 Å². The second-order valence-corrected chi connectivity index (χ2v) is 12.7. The van der Waals surface area contributed by atoms with Crippen molar-refractivity contribution in [2.75, 3.05) is 17.2 Å². The van der Waals surface area contributed by atoms with E-state index in [1.807, 2.05) is 91.1 Å². The van der Waals surface area contributed by atoms with Crippen LogP contribution in [0.15, 0.2) is 133 Å². The van der Waals surface area contributed by atoms with Crippen LogP contribution in [-0.4, -0.2) is 42.5 Å². The fourth-order valence-corrected chi connectivity index (χ4v) is 6.40. The lowest BCUT2D eigenvalue weighted by Crippen LogP contribution is -2.13. The summed E-state index contributed by atoms with van der Waals surface area (Å²) in [5.41, 5.74) is 10.0. The van der Waals surface area contributed by atoms with Gasteiger partial charge in [-0.25, -0.2) is 9.97 Å². The predicted molar refractivity (Wildman–Crippen MR) is 210 cm³/mol. The van der Waals surface area contributed by atoms with E-state index >= 15 is 0 Å². The van der Waals surface area contributed by atoms with Gasteiger partial charge in [0.25, 0.3) is 0 Å². The topological polar surface area (TPSA) is 158 Å². The number of rotatable bonds is 7. The molecule has 0 radical (unpaired) electrons. The normalized spacial score (nSPS) is 11.1. The number of ketones is 1. The summed E-state index contributed by atoms with van der Waals surface area (Å²) in [5, 5.41) is 21.5. The number of benzene rings is 4. The van der Waals surface area contributed by atoms with Crippen LogP contribution < -0.4 is 16.4 Å². The molecule has 0 aliphatic carbocycles. The lowest BCUT2D eigenvalue weighted by Gasteiger charge is -2.12. The monoisotopic (exact) mass is 735 g/mol. The first-order valence-electron chi connectivity index (χ1n) is 16.3. The Morgan fingerprint density at radius 2 is 1.25 bits per heavy atom. The summed E-state index contributed by atoms with van der Waals surface area (Å²) in [6.07, 6.45) is 8.43. The van der Waals surface area contributed by atoms with Gasteiger partial charge in [0.2, 0.25) is 12.3 Å². The Balaban J connectivity index is 0.000000151. The van der Waals surface area contributed by atoms with E-state index in [0.29, 0.717) is 32.8 Å². The molecule has 9 rings (SSSR count). The van der Waals surface area contributed by atoms with Crippen molar-refractivity contribution in [2.45, 2.75) is 0 Å². The maximum atomic E-state index is 11.9. The minimum absolute atomic E-state index is 0.0335. The maximum Gasteiger partial charge on any atom is 0.247 e. The van der Waals surface area contributed by atoms with Gasteiger partial charge in [-0.15, -0.1) is 10.2 Å². The van der Waals surface area contributed by atoms with E-state index in [0.717, 1.165) is 60.6 Å². The van der Waals surface area contributed by atoms with Gasteiger partial charge in [-0.2, -0.15) is 0 Å². The van der Waals surface area contributed by atoms with Crippen molar-refractivity contribution in [3.8, 4) is 11.5 Å². The molecule has 0 aliphatic rings. The first-order chi connectivity index (χ1) is 25.9. The molecule has 0 amide bonds. The smallest absolute Gasteiger partial charge is 0.247 e. The minimum atomic E-state index is -0.121. The Kier molecular flexibility index (Phi) is 9.26. The molecule has 9 aromatic rings. The maximum absolute atomic E-state index is 11.9. The van der Waals surface area contributed by atoms with Gasteiger partial charge in [-0.05, 0) is 66.7 Å². The lowest BCUT2D eigenvalue weighted by atomic mass is 10.0. The summed E-state index contributed by atoms with van der Waals surface area (Å²) in [5.74, 6) is 1.73. The lowest BCUT2D eigenvalue weighted by molar-refractivity contribution is 0.100. The molecule has 4 aromatic carbocycles. The van der Waals surface area contributed by atoms with Crippen molar-refractivity contribution in [1.29, 1.82) is 0 Å². The third-order valence-electron chi connectivity index (χ3n) is 8.48. The molecule has 0 aliphatic heterocycles. The standard InChI is InChI=1S/C20H12ClN5O.C20H15ClN4O/c21-13-2-1-3-14(9-13)24-19-16-6-7-22-10-17(16)15-5-4-12(8-18(15)25-19)20-26-23-11-27-20;21-13-2-1-3-14(9-13)24-20-16-6-7-23-11-17(16)15-5-4-12(19(26)10-22)8-18(15)25-20/h1-11H,(H,24,25);1-9,11H,10,22H2,(H,24,25). The van der Waals surface area contributed by atoms with Gasteiger partial charge in [-0.3, -0.25) is 14.8 Å². The predicted octanol–water partition coefficient (Wildman–Crippen LogP) is 9.55. The summed E-state index contributed by atoms with van der Waals surface area (Å²) in [4.78, 5) is 30.0. The molecule has 11 nitrogen and oxygen atoms in total. The zero-order valence-electron chi connectivity index (χ0n) is 27.7. The van der Waals surface area contributed by atoms with Crippen LogP contribution >= 0.6 is 23.2 Å². The van der Waals surface area contributed by atoms with Crippen molar-refractivity contribution in [2.24, 2.45) is 5.73 Å². The number of fused-ring (bicyclic) bond motifs is 6. The molecule has 13 heteroatoms. The Bertz CT molecular complexity index is 2800. The molecule has 5 aromatic heterocycles. The highest BCUT2D eigenvalue weighted by Crippen LogP contribution is 2.34. The average Bonchev–Trinajstić information content (AvgIpc) is 3.73. The molecule has 4 N–H and O–H groups in total. The number of pyridine rings is 4. The first kappa shape index (κ1) is 33.6. The molecular weight excluding hydrogens is 709 g/mol. The number of carbonyl (C=O) groups is 1. The van der Waals surface area contributed by atoms with Crippen LogP contribution in [0.25, 0.3) is 54.8 Å². The number of nitrogens with zero attached hydrogens (tertiary/aromatic N) is 6. The van der Waals surface area contributed by atoms with Gasteiger partial charge in [0.15, 0.2) is 5.78 Å². The zero-order valence-corrected chi connectivity index (χ0v) is 29.2. The van der Waals surface area contributed by atoms with E-state index in [1.165, 1.54) is 6.39 Å². The average molecular weight is 737 g/mol. The van der Waals surface area contributed by atoms with Crippen LogP contribution in [-0.2, 0) is 0 Å². The molecule has 0 saturated carbocycles. The highest BCUT2D eigenvalue weighted by molar-refractivity contribution is 6.31. The summed E-state index contributed by atoms with van der Waals surface area (Å²) < 4.78 is 5.30. The quantitative estimate of drug-likeness (QED) is 0.106. The summed E-state index contributed by atoms with van der Waals surface area (Å²) in [7, 11) is 0. The van der Waals surface area contributed by atoms with E-state index < -0.39 is 0 Å². The molecule has 0 bridgehead atoms. The second kappa shape index (κ2) is 14.6. The first-order valence-corrected chi connectivity index (χ1v) is 17.1. The number of hydrogen-bond acceptors (Lipinski definition) is 11. The van der Waals surface area contributed by atoms with Crippen molar-refractivity contribution in [3.05, 3.63) is 144 Å². The van der Waals surface area contributed by atoms with Crippen molar-refractivity contribution < 1.29 is 9.21 Å². The largest absolute Gasteiger partial charge is 0.423 e. The molecule has 0 saturated heterocycles. The fourth-order valence-electron chi connectivity index (χ4n) is 6.02. The number of anilines is 4. The molecule has 0 unspecified atom stereocenters. The minimum Gasteiger partial charge on any atom is -0.423 e. The van der Waals surface area contributed by atoms with Crippen LogP contribution in [0.2, 0.25) is 10.0 Å². The Hall–Kier alpha value is -6.53. The molecule has 0 spiro atoms. The van der Waals surface area contributed by atoms with Gasteiger partial charge in [-0.1, -0.05) is 53.5 Å². The van der Waals surface area contributed by atoms with Gasteiger partial charge < -0.3 is 20.8 Å². The van der Waals surface area contributed by atoms with E-state index in [2.05, 4.69) is 30.8 Å². The van der Waals surface area contributed by atoms with E-state index in [4.69, 9.17) is 43.3 Å². The highest BCUT2D eigenvalue weighted by Gasteiger charge is 2.14.